The van der Waals surface area contributed by atoms with E-state index in [0.29, 0.717) is 16.7 Å². The lowest BCUT2D eigenvalue weighted by Gasteiger charge is -2.20. The number of hydrogen-bond donors (Lipinski definition) is 1. The number of fused-ring (bicyclic) bond motifs is 1. The van der Waals surface area contributed by atoms with Crippen molar-refractivity contribution in [1.82, 2.24) is 5.32 Å². The summed E-state index contributed by atoms with van der Waals surface area (Å²) in [5.74, 6) is -0.0312. The van der Waals surface area contributed by atoms with E-state index >= 15 is 0 Å². The van der Waals surface area contributed by atoms with Crippen molar-refractivity contribution in [3.8, 4) is 5.75 Å². The number of carbonyl (C=O) groups is 1. The zero-order valence-corrected chi connectivity index (χ0v) is 13.8. The molecule has 2 aromatic rings. The topological polar surface area (TPSA) is 68.5 Å². The van der Waals surface area contributed by atoms with E-state index in [2.05, 4.69) is 21.2 Å². The summed E-state index contributed by atoms with van der Waals surface area (Å²) in [5.41, 5.74) is -0.839. The van der Waals surface area contributed by atoms with Crippen LogP contribution in [0.25, 0.3) is 11.0 Å². The van der Waals surface area contributed by atoms with E-state index in [4.69, 9.17) is 9.15 Å². The highest BCUT2D eigenvalue weighted by molar-refractivity contribution is 9.10. The molecule has 112 valence electrons. The maximum atomic E-state index is 12.2. The first-order valence-electron chi connectivity index (χ1n) is 6.35. The molecular formula is C15H16BrNO4. The third-order valence-corrected chi connectivity index (χ3v) is 3.17. The molecule has 0 saturated heterocycles. The van der Waals surface area contributed by atoms with Crippen LogP contribution in [0, 0.1) is 0 Å². The molecule has 1 N–H and O–H groups in total. The number of nitrogens with one attached hydrogen (secondary N) is 1. The van der Waals surface area contributed by atoms with Gasteiger partial charge in [0.05, 0.1) is 7.11 Å². The van der Waals surface area contributed by atoms with Crippen LogP contribution in [0.3, 0.4) is 0 Å². The average molecular weight is 354 g/mol. The lowest BCUT2D eigenvalue weighted by atomic mass is 10.1. The molecule has 1 amide bonds. The quantitative estimate of drug-likeness (QED) is 0.842. The highest BCUT2D eigenvalue weighted by Crippen LogP contribution is 2.29. The van der Waals surface area contributed by atoms with Crippen LogP contribution in [0.1, 0.15) is 31.1 Å². The zero-order valence-electron chi connectivity index (χ0n) is 12.2. The van der Waals surface area contributed by atoms with E-state index in [1.54, 1.807) is 12.1 Å². The molecule has 0 spiro atoms. The fourth-order valence-corrected chi connectivity index (χ4v) is 2.34. The van der Waals surface area contributed by atoms with Gasteiger partial charge in [0.15, 0.2) is 11.3 Å². The van der Waals surface area contributed by atoms with E-state index in [-0.39, 0.29) is 5.56 Å². The molecule has 1 aromatic carbocycles. The van der Waals surface area contributed by atoms with Gasteiger partial charge in [-0.15, -0.1) is 0 Å². The number of ether oxygens (including phenoxy) is 1. The van der Waals surface area contributed by atoms with Crippen LogP contribution in [0.4, 0.5) is 0 Å². The first-order valence-corrected chi connectivity index (χ1v) is 7.14. The number of halogens is 1. The summed E-state index contributed by atoms with van der Waals surface area (Å²) < 4.78 is 11.2. The van der Waals surface area contributed by atoms with Crippen LogP contribution in [0.15, 0.2) is 31.9 Å². The fourth-order valence-electron chi connectivity index (χ4n) is 1.89. The highest BCUT2D eigenvalue weighted by Gasteiger charge is 2.20. The molecule has 0 unspecified atom stereocenters. The van der Waals surface area contributed by atoms with Crippen LogP contribution in [-0.4, -0.2) is 18.6 Å². The van der Waals surface area contributed by atoms with E-state index in [1.165, 1.54) is 13.2 Å². The van der Waals surface area contributed by atoms with Gasteiger partial charge in [0.1, 0.15) is 5.56 Å². The molecule has 1 heterocycles. The summed E-state index contributed by atoms with van der Waals surface area (Å²) in [5, 5.41) is 3.35. The molecule has 0 aliphatic carbocycles. The molecule has 0 atom stereocenters. The third-order valence-electron chi connectivity index (χ3n) is 2.72. The van der Waals surface area contributed by atoms with Gasteiger partial charge in [-0.05, 0) is 39.0 Å². The van der Waals surface area contributed by atoms with Crippen LogP contribution in [0.5, 0.6) is 5.75 Å². The summed E-state index contributed by atoms with van der Waals surface area (Å²) in [6.07, 6.45) is 0. The van der Waals surface area contributed by atoms with Crippen LogP contribution < -0.4 is 15.7 Å². The third kappa shape index (κ3) is 3.44. The minimum absolute atomic E-state index is 0.0300. The molecule has 0 fully saturated rings. The van der Waals surface area contributed by atoms with Gasteiger partial charge in [-0.25, -0.2) is 4.79 Å². The molecule has 0 aliphatic rings. The number of hydrogen-bond acceptors (Lipinski definition) is 4. The maximum absolute atomic E-state index is 12.2. The van der Waals surface area contributed by atoms with Crippen molar-refractivity contribution in [3.05, 3.63) is 38.7 Å². The van der Waals surface area contributed by atoms with E-state index in [9.17, 15) is 9.59 Å². The van der Waals surface area contributed by atoms with E-state index < -0.39 is 17.1 Å². The SMILES string of the molecule is COc1cc(Br)cc2cc(C(=O)NC(C)(C)C)c(=O)oc12. The molecule has 21 heavy (non-hydrogen) atoms. The van der Waals surface area contributed by atoms with Crippen molar-refractivity contribution in [2.45, 2.75) is 26.3 Å². The fraction of sp³-hybridized carbons (Fsp3) is 0.333. The van der Waals surface area contributed by atoms with Gasteiger partial charge >= 0.3 is 5.63 Å². The number of carbonyl (C=O) groups excluding carboxylic acids is 1. The standard InChI is InChI=1S/C15H16BrNO4/c1-15(2,3)17-13(18)10-6-8-5-9(16)7-11(20-4)12(8)21-14(10)19/h5-7H,1-4H3,(H,17,18). The Bertz CT molecular complexity index is 759. The Labute approximate surface area is 130 Å². The molecule has 0 bridgehead atoms. The van der Waals surface area contributed by atoms with Gasteiger partial charge in [-0.3, -0.25) is 4.79 Å². The van der Waals surface area contributed by atoms with Crippen molar-refractivity contribution < 1.29 is 13.9 Å². The van der Waals surface area contributed by atoms with Crippen molar-refractivity contribution >= 4 is 32.8 Å². The highest BCUT2D eigenvalue weighted by atomic mass is 79.9. The second-order valence-corrected chi connectivity index (χ2v) is 6.59. The van der Waals surface area contributed by atoms with Gasteiger partial charge in [0.25, 0.3) is 5.91 Å². The summed E-state index contributed by atoms with van der Waals surface area (Å²) >= 11 is 3.35. The monoisotopic (exact) mass is 353 g/mol. The van der Waals surface area contributed by atoms with Gasteiger partial charge in [0, 0.05) is 15.4 Å². The Morgan fingerprint density at radius 1 is 1.29 bits per heavy atom. The van der Waals surface area contributed by atoms with E-state index in [0.717, 1.165) is 4.47 Å². The largest absolute Gasteiger partial charge is 0.493 e. The van der Waals surface area contributed by atoms with Gasteiger partial charge in [0.2, 0.25) is 0 Å². The Hall–Kier alpha value is -1.82. The van der Waals surface area contributed by atoms with Crippen LogP contribution in [0.2, 0.25) is 0 Å². The maximum Gasteiger partial charge on any atom is 0.349 e. The number of benzene rings is 1. The Kier molecular flexibility index (Phi) is 4.09. The van der Waals surface area contributed by atoms with Crippen LogP contribution in [-0.2, 0) is 0 Å². The molecule has 1 aromatic heterocycles. The Morgan fingerprint density at radius 3 is 2.52 bits per heavy atom. The molecule has 0 aliphatic heterocycles. The van der Waals surface area contributed by atoms with Crippen molar-refractivity contribution in [3.63, 3.8) is 0 Å². The van der Waals surface area contributed by atoms with Crippen molar-refractivity contribution in [2.24, 2.45) is 0 Å². The molecule has 6 heteroatoms. The minimum atomic E-state index is -0.690. The second-order valence-electron chi connectivity index (χ2n) is 5.68. The number of rotatable bonds is 2. The Morgan fingerprint density at radius 2 is 1.95 bits per heavy atom. The number of methoxy groups -OCH3 is 1. The first kappa shape index (κ1) is 15.6. The van der Waals surface area contributed by atoms with Gasteiger partial charge < -0.3 is 14.5 Å². The molecule has 0 radical (unpaired) electrons. The average Bonchev–Trinajstić information content (AvgIpc) is 2.35. The van der Waals surface area contributed by atoms with Gasteiger partial charge in [-0.1, -0.05) is 15.9 Å². The lowest BCUT2D eigenvalue weighted by Crippen LogP contribution is -2.42. The number of amides is 1. The first-order chi connectivity index (χ1) is 9.71. The summed E-state index contributed by atoms with van der Waals surface area (Å²) in [6, 6.07) is 4.96. The summed E-state index contributed by atoms with van der Waals surface area (Å²) in [7, 11) is 1.49. The predicted molar refractivity (Wildman–Crippen MR) is 84.0 cm³/mol. The second kappa shape index (κ2) is 5.52. The molecular weight excluding hydrogens is 338 g/mol. The Balaban J connectivity index is 2.60. The summed E-state index contributed by atoms with van der Waals surface area (Å²) in [4.78, 5) is 24.2. The minimum Gasteiger partial charge on any atom is -0.493 e. The normalized spacial score (nSPS) is 11.5. The van der Waals surface area contributed by atoms with Gasteiger partial charge in [-0.2, -0.15) is 0 Å². The van der Waals surface area contributed by atoms with E-state index in [1.807, 2.05) is 20.8 Å². The molecule has 2 rings (SSSR count). The molecule has 0 saturated carbocycles. The predicted octanol–water partition coefficient (Wildman–Crippen LogP) is 3.09. The van der Waals surface area contributed by atoms with Crippen molar-refractivity contribution in [2.75, 3.05) is 7.11 Å². The molecule has 5 nitrogen and oxygen atoms in total. The smallest absolute Gasteiger partial charge is 0.349 e. The summed E-state index contributed by atoms with van der Waals surface area (Å²) in [6.45, 7) is 5.52. The zero-order chi connectivity index (χ0) is 15.8. The van der Waals surface area contributed by atoms with Crippen molar-refractivity contribution in [1.29, 1.82) is 0 Å². The lowest BCUT2D eigenvalue weighted by molar-refractivity contribution is 0.0916. The van der Waals surface area contributed by atoms with Crippen LogP contribution >= 0.6 is 15.9 Å².